The first-order chi connectivity index (χ1) is 11.5. The highest BCUT2D eigenvalue weighted by Gasteiger charge is 2.31. The highest BCUT2D eigenvalue weighted by Crippen LogP contribution is 2.27. The van der Waals surface area contributed by atoms with Crippen LogP contribution in [0.2, 0.25) is 5.02 Å². The summed E-state index contributed by atoms with van der Waals surface area (Å²) in [5.41, 5.74) is 1.54. The van der Waals surface area contributed by atoms with Gasteiger partial charge >= 0.3 is 5.97 Å². The fourth-order valence-corrected chi connectivity index (χ4v) is 3.47. The molecule has 7 heteroatoms. The molecule has 5 nitrogen and oxygen atoms in total. The summed E-state index contributed by atoms with van der Waals surface area (Å²) in [7, 11) is 0. The molecule has 1 aliphatic rings. The van der Waals surface area contributed by atoms with Crippen molar-refractivity contribution in [2.45, 2.75) is 11.7 Å². The van der Waals surface area contributed by atoms with E-state index in [1.165, 1.54) is 17.8 Å². The van der Waals surface area contributed by atoms with Crippen molar-refractivity contribution in [2.24, 2.45) is 4.99 Å². The standard InChI is InChI=1S/C17H13ClN2O3S/c18-11-5-7-12(8-6-11)19-17-20-15(21)14(24-17)9-10-3-1-2-4-13(10)16(22)23/h1-8,14H,9H2,(H,22,23)(H,19,20,21)/t14-/m1/s1. The number of carboxylic acid groups (broad SMARTS) is 1. The number of carbonyl (C=O) groups excluding carboxylic acids is 1. The quantitative estimate of drug-likeness (QED) is 0.874. The molecule has 1 aliphatic heterocycles. The molecule has 0 bridgehead atoms. The summed E-state index contributed by atoms with van der Waals surface area (Å²) in [6.45, 7) is 0. The second kappa shape index (κ2) is 7.07. The lowest BCUT2D eigenvalue weighted by Gasteiger charge is -2.08. The van der Waals surface area contributed by atoms with Crippen LogP contribution in [-0.4, -0.2) is 27.4 Å². The Morgan fingerprint density at radius 2 is 1.92 bits per heavy atom. The molecule has 122 valence electrons. The Balaban J connectivity index is 1.76. The molecule has 1 heterocycles. The molecule has 1 fully saturated rings. The van der Waals surface area contributed by atoms with Crippen molar-refractivity contribution in [3.05, 3.63) is 64.7 Å². The van der Waals surface area contributed by atoms with Gasteiger partial charge in [0.15, 0.2) is 5.17 Å². The number of thioether (sulfide) groups is 1. The molecule has 0 saturated carbocycles. The van der Waals surface area contributed by atoms with Crippen LogP contribution in [0.15, 0.2) is 53.5 Å². The van der Waals surface area contributed by atoms with E-state index in [0.29, 0.717) is 27.9 Å². The van der Waals surface area contributed by atoms with E-state index in [-0.39, 0.29) is 11.5 Å². The first-order valence-electron chi connectivity index (χ1n) is 7.16. The second-order valence-corrected chi connectivity index (χ2v) is 6.78. The fourth-order valence-electron chi connectivity index (χ4n) is 2.33. The average molecular weight is 361 g/mol. The second-order valence-electron chi connectivity index (χ2n) is 5.16. The van der Waals surface area contributed by atoms with Crippen molar-refractivity contribution in [1.82, 2.24) is 5.32 Å². The van der Waals surface area contributed by atoms with Crippen LogP contribution in [0.3, 0.4) is 0 Å². The minimum Gasteiger partial charge on any atom is -0.478 e. The zero-order chi connectivity index (χ0) is 17.1. The van der Waals surface area contributed by atoms with E-state index in [2.05, 4.69) is 10.3 Å². The average Bonchev–Trinajstić information content (AvgIpc) is 2.89. The highest BCUT2D eigenvalue weighted by atomic mass is 35.5. The molecule has 0 spiro atoms. The van der Waals surface area contributed by atoms with Crippen LogP contribution >= 0.6 is 23.4 Å². The monoisotopic (exact) mass is 360 g/mol. The summed E-state index contributed by atoms with van der Waals surface area (Å²) in [5.74, 6) is -1.17. The van der Waals surface area contributed by atoms with Crippen molar-refractivity contribution in [1.29, 1.82) is 0 Å². The van der Waals surface area contributed by atoms with Crippen molar-refractivity contribution in [3.63, 3.8) is 0 Å². The third kappa shape index (κ3) is 3.77. The SMILES string of the molecule is O=C(O)c1ccccc1C[C@H]1SC(=Nc2ccc(Cl)cc2)NC1=O. The Morgan fingerprint density at radius 3 is 2.62 bits per heavy atom. The van der Waals surface area contributed by atoms with E-state index in [9.17, 15) is 14.7 Å². The molecule has 1 amide bonds. The van der Waals surface area contributed by atoms with E-state index in [1.807, 2.05) is 0 Å². The summed E-state index contributed by atoms with van der Waals surface area (Å²) in [6.07, 6.45) is 0.332. The topological polar surface area (TPSA) is 78.8 Å². The van der Waals surface area contributed by atoms with E-state index in [1.54, 1.807) is 42.5 Å². The van der Waals surface area contributed by atoms with Gasteiger partial charge in [-0.1, -0.05) is 41.6 Å². The number of hydrogen-bond donors (Lipinski definition) is 2. The number of rotatable bonds is 4. The molecule has 24 heavy (non-hydrogen) atoms. The lowest BCUT2D eigenvalue weighted by Crippen LogP contribution is -2.26. The van der Waals surface area contributed by atoms with Crippen LogP contribution in [0, 0.1) is 0 Å². The maximum absolute atomic E-state index is 12.1. The third-order valence-electron chi connectivity index (χ3n) is 3.49. The van der Waals surface area contributed by atoms with Gasteiger partial charge in [-0.05, 0) is 42.3 Å². The maximum atomic E-state index is 12.1. The Labute approximate surface area is 147 Å². The van der Waals surface area contributed by atoms with Crippen molar-refractivity contribution >= 4 is 46.1 Å². The number of carboxylic acids is 1. The molecule has 2 aromatic rings. The van der Waals surface area contributed by atoms with Gasteiger partial charge in [0.1, 0.15) is 0 Å². The Bertz CT molecular complexity index is 821. The number of aliphatic imine (C=N–C) groups is 1. The zero-order valence-corrected chi connectivity index (χ0v) is 14.0. The third-order valence-corrected chi connectivity index (χ3v) is 4.82. The number of amidine groups is 1. The van der Waals surface area contributed by atoms with Gasteiger partial charge in [0.2, 0.25) is 5.91 Å². The van der Waals surface area contributed by atoms with E-state index >= 15 is 0 Å². The fraction of sp³-hybridized carbons (Fsp3) is 0.118. The van der Waals surface area contributed by atoms with E-state index in [4.69, 9.17) is 11.6 Å². The molecule has 1 atom stereocenters. The summed E-state index contributed by atoms with van der Waals surface area (Å²) in [5, 5.41) is 12.7. The van der Waals surface area contributed by atoms with Crippen LogP contribution in [0.5, 0.6) is 0 Å². The van der Waals surface area contributed by atoms with Crippen LogP contribution in [0.4, 0.5) is 5.69 Å². The molecule has 0 aliphatic carbocycles. The van der Waals surface area contributed by atoms with Gasteiger partial charge in [-0.2, -0.15) is 0 Å². The normalized spacial score (nSPS) is 18.6. The van der Waals surface area contributed by atoms with Gasteiger partial charge in [0, 0.05) is 5.02 Å². The van der Waals surface area contributed by atoms with Gasteiger partial charge < -0.3 is 10.4 Å². The lowest BCUT2D eigenvalue weighted by molar-refractivity contribution is -0.118. The predicted octanol–water partition coefficient (Wildman–Crippen LogP) is 3.50. The number of nitrogens with one attached hydrogen (secondary N) is 1. The molecule has 3 rings (SSSR count). The first kappa shape index (κ1) is 16.5. The summed E-state index contributed by atoms with van der Waals surface area (Å²) >= 11 is 7.13. The van der Waals surface area contributed by atoms with Crippen LogP contribution < -0.4 is 5.32 Å². The number of hydrogen-bond acceptors (Lipinski definition) is 4. The predicted molar refractivity (Wildman–Crippen MR) is 95.2 cm³/mol. The van der Waals surface area contributed by atoms with Crippen LogP contribution in [-0.2, 0) is 11.2 Å². The van der Waals surface area contributed by atoms with Gasteiger partial charge in [-0.25, -0.2) is 9.79 Å². The van der Waals surface area contributed by atoms with E-state index < -0.39 is 11.2 Å². The Kier molecular flexibility index (Phi) is 4.87. The van der Waals surface area contributed by atoms with E-state index in [0.717, 1.165) is 0 Å². The molecular weight excluding hydrogens is 348 g/mol. The molecule has 0 aromatic heterocycles. The Hall–Kier alpha value is -2.31. The van der Waals surface area contributed by atoms with Gasteiger partial charge in [0.25, 0.3) is 0 Å². The number of nitrogens with zero attached hydrogens (tertiary/aromatic N) is 1. The molecule has 0 unspecified atom stereocenters. The van der Waals surface area contributed by atoms with Crippen molar-refractivity contribution in [3.8, 4) is 0 Å². The molecule has 0 radical (unpaired) electrons. The summed E-state index contributed by atoms with van der Waals surface area (Å²) in [6, 6.07) is 13.7. The summed E-state index contributed by atoms with van der Waals surface area (Å²) < 4.78 is 0. The molecule has 2 N–H and O–H groups in total. The number of benzene rings is 2. The highest BCUT2D eigenvalue weighted by molar-refractivity contribution is 8.15. The minimum absolute atomic E-state index is 0.173. The molecular formula is C17H13ClN2O3S. The minimum atomic E-state index is -0.996. The number of halogens is 1. The first-order valence-corrected chi connectivity index (χ1v) is 8.41. The van der Waals surface area contributed by atoms with Crippen molar-refractivity contribution in [2.75, 3.05) is 0 Å². The largest absolute Gasteiger partial charge is 0.478 e. The van der Waals surface area contributed by atoms with Crippen molar-refractivity contribution < 1.29 is 14.7 Å². The maximum Gasteiger partial charge on any atom is 0.335 e. The van der Waals surface area contributed by atoms with Gasteiger partial charge in [-0.15, -0.1) is 0 Å². The van der Waals surface area contributed by atoms with Crippen LogP contribution in [0.1, 0.15) is 15.9 Å². The number of aromatic carboxylic acids is 1. The zero-order valence-electron chi connectivity index (χ0n) is 12.4. The lowest BCUT2D eigenvalue weighted by atomic mass is 10.0. The molecule has 1 saturated heterocycles. The summed E-state index contributed by atoms with van der Waals surface area (Å²) in [4.78, 5) is 27.8. The number of carbonyl (C=O) groups is 2. The smallest absolute Gasteiger partial charge is 0.335 e. The molecule has 2 aromatic carbocycles. The van der Waals surface area contributed by atoms with Crippen LogP contribution in [0.25, 0.3) is 0 Å². The Morgan fingerprint density at radius 1 is 1.21 bits per heavy atom. The van der Waals surface area contributed by atoms with Gasteiger partial charge in [0.05, 0.1) is 16.5 Å². The number of amides is 1. The van der Waals surface area contributed by atoms with Gasteiger partial charge in [-0.3, -0.25) is 4.79 Å².